The SMILES string of the molecule is CC(C)(C#N)CCCCS(C)(=O)=O. The molecule has 3 nitrogen and oxygen atoms in total. The van der Waals surface area contributed by atoms with E-state index in [2.05, 4.69) is 6.07 Å². The lowest BCUT2D eigenvalue weighted by Gasteiger charge is -2.13. The second kappa shape index (κ2) is 4.61. The summed E-state index contributed by atoms with van der Waals surface area (Å²) in [4.78, 5) is 0. The molecule has 0 radical (unpaired) electrons. The molecular formula is C9H17NO2S. The molecule has 0 heterocycles. The van der Waals surface area contributed by atoms with Crippen LogP contribution >= 0.6 is 0 Å². The van der Waals surface area contributed by atoms with Gasteiger partial charge < -0.3 is 0 Å². The van der Waals surface area contributed by atoms with E-state index in [9.17, 15) is 8.42 Å². The summed E-state index contributed by atoms with van der Waals surface area (Å²) in [6.07, 6.45) is 3.46. The fourth-order valence-electron chi connectivity index (χ4n) is 0.987. The number of rotatable bonds is 5. The van der Waals surface area contributed by atoms with Gasteiger partial charge in [0.2, 0.25) is 0 Å². The second-order valence-electron chi connectivity index (χ2n) is 4.08. The highest BCUT2D eigenvalue weighted by molar-refractivity contribution is 7.90. The van der Waals surface area contributed by atoms with Gasteiger partial charge in [0, 0.05) is 12.0 Å². The van der Waals surface area contributed by atoms with E-state index in [1.165, 1.54) is 6.26 Å². The number of hydrogen-bond acceptors (Lipinski definition) is 3. The molecule has 0 aliphatic rings. The van der Waals surface area contributed by atoms with E-state index in [1.54, 1.807) is 0 Å². The maximum absolute atomic E-state index is 10.8. The molecule has 0 aliphatic carbocycles. The fraction of sp³-hybridized carbons (Fsp3) is 0.889. The van der Waals surface area contributed by atoms with Gasteiger partial charge in [-0.25, -0.2) is 8.42 Å². The van der Waals surface area contributed by atoms with E-state index in [4.69, 9.17) is 5.26 Å². The van der Waals surface area contributed by atoms with E-state index in [-0.39, 0.29) is 11.2 Å². The smallest absolute Gasteiger partial charge is 0.147 e. The highest BCUT2D eigenvalue weighted by atomic mass is 32.2. The standard InChI is InChI=1S/C9H17NO2S/c1-9(2,8-10)6-4-5-7-13(3,11)12/h4-7H2,1-3H3. The maximum atomic E-state index is 10.8. The number of unbranched alkanes of at least 4 members (excludes halogenated alkanes) is 1. The van der Waals surface area contributed by atoms with Crippen LogP contribution in [0.5, 0.6) is 0 Å². The molecule has 0 bridgehead atoms. The summed E-state index contributed by atoms with van der Waals surface area (Å²) in [6.45, 7) is 3.74. The van der Waals surface area contributed by atoms with Crippen LogP contribution in [0.15, 0.2) is 0 Å². The third kappa shape index (κ3) is 7.79. The number of hydrogen-bond donors (Lipinski definition) is 0. The van der Waals surface area contributed by atoms with Gasteiger partial charge in [0.1, 0.15) is 9.84 Å². The Morgan fingerprint density at radius 3 is 2.23 bits per heavy atom. The normalized spacial score (nSPS) is 12.5. The van der Waals surface area contributed by atoms with Crippen molar-refractivity contribution in [3.63, 3.8) is 0 Å². The molecule has 76 valence electrons. The van der Waals surface area contributed by atoms with Crippen LogP contribution in [-0.4, -0.2) is 20.4 Å². The molecule has 0 amide bonds. The van der Waals surface area contributed by atoms with Crippen LogP contribution in [0.25, 0.3) is 0 Å². The average Bonchev–Trinajstić information content (AvgIpc) is 1.97. The van der Waals surface area contributed by atoms with E-state index in [0.717, 1.165) is 12.8 Å². The molecule has 0 N–H and O–H groups in total. The molecule has 0 aromatic heterocycles. The van der Waals surface area contributed by atoms with Gasteiger partial charge >= 0.3 is 0 Å². The highest BCUT2D eigenvalue weighted by Gasteiger charge is 2.15. The third-order valence-electron chi connectivity index (χ3n) is 1.87. The molecule has 0 spiro atoms. The van der Waals surface area contributed by atoms with Crippen LogP contribution in [0.4, 0.5) is 0 Å². The van der Waals surface area contributed by atoms with Crippen molar-refractivity contribution in [2.45, 2.75) is 33.1 Å². The first kappa shape index (κ1) is 12.4. The van der Waals surface area contributed by atoms with Gasteiger partial charge in [0.25, 0.3) is 0 Å². The van der Waals surface area contributed by atoms with Crippen molar-refractivity contribution >= 4 is 9.84 Å². The lowest BCUT2D eigenvalue weighted by atomic mass is 9.89. The summed E-state index contributed by atoms with van der Waals surface area (Å²) >= 11 is 0. The molecule has 0 rings (SSSR count). The van der Waals surface area contributed by atoms with Crippen molar-refractivity contribution < 1.29 is 8.42 Å². The number of nitriles is 1. The summed E-state index contributed by atoms with van der Waals surface area (Å²) in [5.41, 5.74) is -0.322. The largest absolute Gasteiger partial charge is 0.229 e. The van der Waals surface area contributed by atoms with Gasteiger partial charge in [-0.05, 0) is 26.7 Å². The van der Waals surface area contributed by atoms with E-state index in [0.29, 0.717) is 6.42 Å². The van der Waals surface area contributed by atoms with Crippen molar-refractivity contribution in [2.24, 2.45) is 5.41 Å². The Morgan fingerprint density at radius 1 is 1.31 bits per heavy atom. The molecule has 0 aromatic rings. The molecule has 4 heteroatoms. The van der Waals surface area contributed by atoms with Crippen LogP contribution in [0, 0.1) is 16.7 Å². The Balaban J connectivity index is 3.66. The van der Waals surface area contributed by atoms with Gasteiger partial charge in [-0.15, -0.1) is 0 Å². The predicted octanol–water partition coefficient (Wildman–Crippen LogP) is 1.75. The van der Waals surface area contributed by atoms with Crippen LogP contribution in [-0.2, 0) is 9.84 Å². The predicted molar refractivity (Wildman–Crippen MR) is 53.0 cm³/mol. The van der Waals surface area contributed by atoms with Crippen molar-refractivity contribution in [1.82, 2.24) is 0 Å². The van der Waals surface area contributed by atoms with Gasteiger partial charge in [-0.1, -0.05) is 6.42 Å². The first-order chi connectivity index (χ1) is 5.77. The molecule has 0 unspecified atom stereocenters. The zero-order chi connectivity index (χ0) is 10.5. The van der Waals surface area contributed by atoms with Crippen molar-refractivity contribution in [3.05, 3.63) is 0 Å². The zero-order valence-electron chi connectivity index (χ0n) is 8.50. The Labute approximate surface area is 80.7 Å². The van der Waals surface area contributed by atoms with E-state index >= 15 is 0 Å². The van der Waals surface area contributed by atoms with Crippen molar-refractivity contribution in [3.8, 4) is 6.07 Å². The number of sulfone groups is 1. The first-order valence-electron chi connectivity index (χ1n) is 4.36. The molecule has 13 heavy (non-hydrogen) atoms. The minimum atomic E-state index is -2.83. The Bertz CT molecular complexity index is 285. The fourth-order valence-corrected chi connectivity index (χ4v) is 1.72. The molecular weight excluding hydrogens is 186 g/mol. The van der Waals surface area contributed by atoms with Gasteiger partial charge in [0.05, 0.1) is 11.5 Å². The van der Waals surface area contributed by atoms with Crippen LogP contribution in [0.3, 0.4) is 0 Å². The third-order valence-corrected chi connectivity index (χ3v) is 2.90. The zero-order valence-corrected chi connectivity index (χ0v) is 9.32. The summed E-state index contributed by atoms with van der Waals surface area (Å²) < 4.78 is 21.5. The average molecular weight is 203 g/mol. The second-order valence-corrected chi connectivity index (χ2v) is 6.34. The molecule has 0 fully saturated rings. The monoisotopic (exact) mass is 203 g/mol. The summed E-state index contributed by atoms with van der Waals surface area (Å²) in [7, 11) is -2.83. The summed E-state index contributed by atoms with van der Waals surface area (Å²) in [5.74, 6) is 0.231. The summed E-state index contributed by atoms with van der Waals surface area (Å²) in [6, 6.07) is 2.19. The van der Waals surface area contributed by atoms with Crippen LogP contribution in [0.1, 0.15) is 33.1 Å². The van der Waals surface area contributed by atoms with Gasteiger partial charge in [-0.3, -0.25) is 0 Å². The lowest BCUT2D eigenvalue weighted by Crippen LogP contribution is -2.09. The number of nitrogens with zero attached hydrogens (tertiary/aromatic N) is 1. The van der Waals surface area contributed by atoms with Crippen LogP contribution in [0.2, 0.25) is 0 Å². The van der Waals surface area contributed by atoms with Crippen molar-refractivity contribution in [2.75, 3.05) is 12.0 Å². The summed E-state index contributed by atoms with van der Waals surface area (Å²) in [5, 5.41) is 8.68. The quantitative estimate of drug-likeness (QED) is 0.640. The minimum absolute atomic E-state index is 0.231. The first-order valence-corrected chi connectivity index (χ1v) is 6.42. The van der Waals surface area contributed by atoms with E-state index < -0.39 is 9.84 Å². The Morgan fingerprint density at radius 2 is 1.85 bits per heavy atom. The van der Waals surface area contributed by atoms with E-state index in [1.807, 2.05) is 13.8 Å². The Kier molecular flexibility index (Phi) is 4.41. The molecule has 0 saturated heterocycles. The topological polar surface area (TPSA) is 57.9 Å². The Hall–Kier alpha value is -0.560. The molecule has 0 aromatic carbocycles. The highest BCUT2D eigenvalue weighted by Crippen LogP contribution is 2.21. The maximum Gasteiger partial charge on any atom is 0.147 e. The minimum Gasteiger partial charge on any atom is -0.229 e. The molecule has 0 saturated carbocycles. The van der Waals surface area contributed by atoms with Crippen LogP contribution < -0.4 is 0 Å². The molecule has 0 atom stereocenters. The van der Waals surface area contributed by atoms with Crippen molar-refractivity contribution in [1.29, 1.82) is 5.26 Å². The lowest BCUT2D eigenvalue weighted by molar-refractivity contribution is 0.432. The van der Waals surface area contributed by atoms with Gasteiger partial charge in [0.15, 0.2) is 0 Å². The molecule has 0 aliphatic heterocycles. The van der Waals surface area contributed by atoms with Gasteiger partial charge in [-0.2, -0.15) is 5.26 Å².